The minimum Gasteiger partial charge on any atom is -0.423 e. The van der Waals surface area contributed by atoms with Gasteiger partial charge in [0.25, 0.3) is 6.01 Å². The molecule has 0 saturated carbocycles. The van der Waals surface area contributed by atoms with E-state index in [0.717, 1.165) is 29.9 Å². The molecule has 1 aromatic heterocycles. The highest BCUT2D eigenvalue weighted by Gasteiger charge is 2.22. The van der Waals surface area contributed by atoms with E-state index in [1.165, 1.54) is 12.8 Å². The molecule has 1 amide bonds. The molecule has 1 aliphatic rings. The molecule has 2 heterocycles. The molecule has 0 spiro atoms. The molecule has 3 rings (SSSR count). The van der Waals surface area contributed by atoms with E-state index in [-0.39, 0.29) is 30.7 Å². The number of carbonyl (C=O) groups excluding carboxylic acids is 1. The van der Waals surface area contributed by atoms with Gasteiger partial charge in [0, 0.05) is 26.2 Å². The molecule has 2 unspecified atom stereocenters. The Morgan fingerprint density at radius 3 is 2.85 bits per heavy atom. The number of rotatable bonds is 5. The lowest BCUT2D eigenvalue weighted by Crippen LogP contribution is -2.34. The van der Waals surface area contributed by atoms with Gasteiger partial charge in [0.2, 0.25) is 5.91 Å². The normalized spacial score (nSPS) is 17.7. The van der Waals surface area contributed by atoms with E-state index in [0.29, 0.717) is 24.3 Å². The molecule has 2 N–H and O–H groups in total. The summed E-state index contributed by atoms with van der Waals surface area (Å²) in [4.78, 5) is 18.6. The van der Waals surface area contributed by atoms with Crippen LogP contribution in [0.3, 0.4) is 0 Å². The van der Waals surface area contributed by atoms with E-state index in [9.17, 15) is 4.79 Å². The maximum Gasteiger partial charge on any atom is 0.297 e. The van der Waals surface area contributed by atoms with E-state index < -0.39 is 0 Å². The Labute approximate surface area is 166 Å². The fourth-order valence-corrected chi connectivity index (χ4v) is 3.22. The number of fused-ring (bicyclic) bond motifs is 1. The maximum absolute atomic E-state index is 12.3. The summed E-state index contributed by atoms with van der Waals surface area (Å²) in [7, 11) is 3.77. The molecule has 146 valence electrons. The molecule has 0 bridgehead atoms. The van der Waals surface area contributed by atoms with Crippen molar-refractivity contribution in [2.45, 2.75) is 26.2 Å². The first-order valence-electron chi connectivity index (χ1n) is 8.61. The highest BCUT2D eigenvalue weighted by atomic mass is 35.5. The summed E-state index contributed by atoms with van der Waals surface area (Å²) in [5, 5.41) is 6.40. The van der Waals surface area contributed by atoms with Crippen molar-refractivity contribution >= 4 is 53.5 Å². The lowest BCUT2D eigenvalue weighted by molar-refractivity contribution is -0.117. The van der Waals surface area contributed by atoms with Crippen molar-refractivity contribution in [2.24, 2.45) is 11.8 Å². The number of anilines is 2. The first-order valence-corrected chi connectivity index (χ1v) is 8.61. The Hall–Kier alpha value is -1.50. The van der Waals surface area contributed by atoms with Gasteiger partial charge in [-0.1, -0.05) is 6.92 Å². The average Bonchev–Trinajstić information content (AvgIpc) is 2.99. The highest BCUT2D eigenvalue weighted by molar-refractivity contribution is 5.93. The second-order valence-corrected chi connectivity index (χ2v) is 6.91. The number of nitrogens with zero attached hydrogens (tertiary/aromatic N) is 2. The number of aromatic nitrogens is 1. The zero-order chi connectivity index (χ0) is 17.1. The van der Waals surface area contributed by atoms with Gasteiger partial charge in [0.15, 0.2) is 5.58 Å². The summed E-state index contributed by atoms with van der Waals surface area (Å²) in [5.74, 6) is 1.03. The van der Waals surface area contributed by atoms with E-state index in [1.807, 2.05) is 37.2 Å². The molecule has 2 aromatic rings. The van der Waals surface area contributed by atoms with E-state index in [2.05, 4.69) is 22.5 Å². The van der Waals surface area contributed by atoms with Crippen molar-refractivity contribution in [3.63, 3.8) is 0 Å². The first kappa shape index (κ1) is 22.5. The summed E-state index contributed by atoms with van der Waals surface area (Å²) in [6, 6.07) is 6.13. The van der Waals surface area contributed by atoms with Gasteiger partial charge in [-0.05, 0) is 56.0 Å². The van der Waals surface area contributed by atoms with Crippen LogP contribution in [0.2, 0.25) is 0 Å². The summed E-state index contributed by atoms with van der Waals surface area (Å²) in [6.45, 7) is 4.29. The van der Waals surface area contributed by atoms with E-state index >= 15 is 0 Å². The van der Waals surface area contributed by atoms with Crippen LogP contribution >= 0.6 is 24.8 Å². The predicted octanol–water partition coefficient (Wildman–Crippen LogP) is 3.70. The minimum atomic E-state index is 0. The zero-order valence-corrected chi connectivity index (χ0v) is 17.1. The number of nitrogens with one attached hydrogen (secondary N) is 2. The molecule has 1 aromatic carbocycles. The fraction of sp³-hybridized carbons (Fsp3) is 0.556. The summed E-state index contributed by atoms with van der Waals surface area (Å²) in [5.41, 5.74) is 2.24. The van der Waals surface area contributed by atoms with Crippen molar-refractivity contribution in [1.82, 2.24) is 10.3 Å². The number of benzene rings is 1. The van der Waals surface area contributed by atoms with E-state index in [4.69, 9.17) is 4.42 Å². The molecule has 1 aliphatic heterocycles. The van der Waals surface area contributed by atoms with Gasteiger partial charge >= 0.3 is 0 Å². The van der Waals surface area contributed by atoms with Gasteiger partial charge in [-0.3, -0.25) is 4.79 Å². The standard InChI is InChI=1S/C18H26N4O2.2ClH/c1-12(13-5-4-8-19-11-13)9-17(23)20-14-6-7-16-15(10-14)21-18(24-16)22(2)3;;/h6-7,10,12-13,19H,4-5,8-9,11H2,1-3H3,(H,20,23);2*1H. The van der Waals surface area contributed by atoms with Crippen molar-refractivity contribution in [1.29, 1.82) is 0 Å². The minimum absolute atomic E-state index is 0. The van der Waals surface area contributed by atoms with Crippen LogP contribution in [0.1, 0.15) is 26.2 Å². The van der Waals surface area contributed by atoms with Crippen LogP contribution in [0.4, 0.5) is 11.7 Å². The molecule has 1 fully saturated rings. The molecular formula is C18H28Cl2N4O2. The fourth-order valence-electron chi connectivity index (χ4n) is 3.22. The molecule has 1 saturated heterocycles. The molecule has 6 nitrogen and oxygen atoms in total. The highest BCUT2D eigenvalue weighted by Crippen LogP contribution is 2.25. The Morgan fingerprint density at radius 2 is 2.19 bits per heavy atom. The largest absolute Gasteiger partial charge is 0.423 e. The van der Waals surface area contributed by atoms with Crippen LogP contribution in [0.25, 0.3) is 11.1 Å². The number of halogens is 2. The average molecular weight is 403 g/mol. The molecule has 0 aliphatic carbocycles. The van der Waals surface area contributed by atoms with Crippen LogP contribution < -0.4 is 15.5 Å². The van der Waals surface area contributed by atoms with Crippen molar-refractivity contribution < 1.29 is 9.21 Å². The topological polar surface area (TPSA) is 70.4 Å². The van der Waals surface area contributed by atoms with Crippen LogP contribution in [-0.2, 0) is 4.79 Å². The summed E-state index contributed by atoms with van der Waals surface area (Å²) < 4.78 is 5.63. The third kappa shape index (κ3) is 5.50. The molecular weight excluding hydrogens is 375 g/mol. The number of carbonyl (C=O) groups is 1. The van der Waals surface area contributed by atoms with Crippen molar-refractivity contribution in [2.75, 3.05) is 37.4 Å². The number of amides is 1. The monoisotopic (exact) mass is 402 g/mol. The van der Waals surface area contributed by atoms with Crippen LogP contribution in [0.5, 0.6) is 0 Å². The van der Waals surface area contributed by atoms with Gasteiger partial charge in [-0.15, -0.1) is 24.8 Å². The smallest absolute Gasteiger partial charge is 0.297 e. The number of hydrogen-bond donors (Lipinski definition) is 2. The third-order valence-electron chi connectivity index (χ3n) is 4.69. The molecule has 0 radical (unpaired) electrons. The summed E-state index contributed by atoms with van der Waals surface area (Å²) >= 11 is 0. The Balaban J connectivity index is 0.00000169. The van der Waals surface area contributed by atoms with Crippen LogP contribution in [-0.4, -0.2) is 38.1 Å². The van der Waals surface area contributed by atoms with Gasteiger partial charge in [0.05, 0.1) is 0 Å². The first-order chi connectivity index (χ1) is 11.5. The molecule has 26 heavy (non-hydrogen) atoms. The lowest BCUT2D eigenvalue weighted by atomic mass is 9.85. The number of oxazole rings is 1. The SMILES string of the molecule is CC(CC(=O)Nc1ccc2oc(N(C)C)nc2c1)C1CCCNC1.Cl.Cl. The Kier molecular flexibility index (Phi) is 8.67. The molecule has 2 atom stereocenters. The van der Waals surface area contributed by atoms with Crippen LogP contribution in [0.15, 0.2) is 22.6 Å². The quantitative estimate of drug-likeness (QED) is 0.797. The zero-order valence-electron chi connectivity index (χ0n) is 15.4. The third-order valence-corrected chi connectivity index (χ3v) is 4.69. The predicted molar refractivity (Wildman–Crippen MR) is 111 cm³/mol. The van der Waals surface area contributed by atoms with Gasteiger partial charge in [0.1, 0.15) is 5.52 Å². The number of hydrogen-bond acceptors (Lipinski definition) is 5. The Bertz CT molecular complexity index is 714. The summed E-state index contributed by atoms with van der Waals surface area (Å²) in [6.07, 6.45) is 2.96. The second-order valence-electron chi connectivity index (χ2n) is 6.91. The lowest BCUT2D eigenvalue weighted by Gasteiger charge is -2.28. The van der Waals surface area contributed by atoms with Crippen molar-refractivity contribution in [3.05, 3.63) is 18.2 Å². The maximum atomic E-state index is 12.3. The Morgan fingerprint density at radius 1 is 1.42 bits per heavy atom. The second kappa shape index (κ2) is 10.00. The van der Waals surface area contributed by atoms with Gasteiger partial charge in [-0.2, -0.15) is 4.98 Å². The number of piperidine rings is 1. The van der Waals surface area contributed by atoms with Crippen molar-refractivity contribution in [3.8, 4) is 0 Å². The van der Waals surface area contributed by atoms with Crippen LogP contribution in [0, 0.1) is 11.8 Å². The molecule has 8 heteroatoms. The van der Waals surface area contributed by atoms with Gasteiger partial charge in [-0.25, -0.2) is 0 Å². The van der Waals surface area contributed by atoms with E-state index in [1.54, 1.807) is 0 Å². The van der Waals surface area contributed by atoms with Gasteiger partial charge < -0.3 is 20.0 Å².